The molecule has 0 aromatic carbocycles. The van der Waals surface area contributed by atoms with Crippen molar-refractivity contribution < 1.29 is 24.3 Å². The van der Waals surface area contributed by atoms with Crippen LogP contribution in [0.3, 0.4) is 0 Å². The number of hydrogen-bond acceptors (Lipinski definition) is 8. The summed E-state index contributed by atoms with van der Waals surface area (Å²) in [6, 6.07) is -3.74. The number of aromatic amines is 1. The fourth-order valence-electron chi connectivity index (χ4n) is 3.70. The van der Waals surface area contributed by atoms with Crippen molar-refractivity contribution >= 4 is 36.3 Å². The van der Waals surface area contributed by atoms with E-state index in [4.69, 9.17) is 11.5 Å². The van der Waals surface area contributed by atoms with Gasteiger partial charge < -0.3 is 37.1 Å². The van der Waals surface area contributed by atoms with Crippen molar-refractivity contribution in [3.05, 3.63) is 18.2 Å². The van der Waals surface area contributed by atoms with Gasteiger partial charge in [0.15, 0.2) is 0 Å². The number of rotatable bonds is 13. The number of imidazole rings is 1. The maximum absolute atomic E-state index is 12.9. The third kappa shape index (κ3) is 7.72. The summed E-state index contributed by atoms with van der Waals surface area (Å²) in [5.41, 5.74) is 12.0. The SMILES string of the molecule is NCCCCC(N)C(=O)N1CCCC1C(=O)NC(CS)C(=O)NC(Cc1cnc[nH]1)C(=O)O. The molecule has 0 aliphatic carbocycles. The van der Waals surface area contributed by atoms with E-state index in [0.717, 1.165) is 12.8 Å². The van der Waals surface area contributed by atoms with Crippen molar-refractivity contribution in [3.8, 4) is 0 Å². The Morgan fingerprint density at radius 3 is 2.64 bits per heavy atom. The third-order valence-electron chi connectivity index (χ3n) is 5.53. The molecule has 0 saturated carbocycles. The van der Waals surface area contributed by atoms with Gasteiger partial charge >= 0.3 is 5.97 Å². The second-order valence-electron chi connectivity index (χ2n) is 8.00. The summed E-state index contributed by atoms with van der Waals surface area (Å²) < 4.78 is 0. The molecule has 1 saturated heterocycles. The van der Waals surface area contributed by atoms with Crippen molar-refractivity contribution in [2.24, 2.45) is 11.5 Å². The molecule has 12 nitrogen and oxygen atoms in total. The molecule has 3 amide bonds. The first kappa shape index (κ1) is 26.6. The first-order chi connectivity index (χ1) is 15.8. The van der Waals surface area contributed by atoms with Crippen LogP contribution < -0.4 is 22.1 Å². The molecule has 2 rings (SSSR count). The van der Waals surface area contributed by atoms with E-state index in [-0.39, 0.29) is 18.1 Å². The smallest absolute Gasteiger partial charge is 0.326 e. The lowest BCUT2D eigenvalue weighted by Crippen LogP contribution is -2.57. The number of carbonyl (C=O) groups excluding carboxylic acids is 3. The number of aromatic nitrogens is 2. The number of amides is 3. The standard InChI is InChI=1S/C20H33N7O5S/c21-6-2-1-4-13(22)19(30)27-7-3-5-16(27)18(29)26-15(10-33)17(28)25-14(20(31)32)8-12-9-23-11-24-12/h9,11,13-16,33H,1-8,10,21-22H2,(H,23,24)(H,25,28)(H,26,29)(H,31,32). The zero-order chi connectivity index (χ0) is 24.4. The first-order valence-corrected chi connectivity index (χ1v) is 11.6. The maximum Gasteiger partial charge on any atom is 0.326 e. The molecule has 1 aromatic rings. The van der Waals surface area contributed by atoms with Gasteiger partial charge in [-0.15, -0.1) is 0 Å². The van der Waals surface area contributed by atoms with Crippen LogP contribution in [-0.4, -0.2) is 86.7 Å². The highest BCUT2D eigenvalue weighted by atomic mass is 32.1. The van der Waals surface area contributed by atoms with Gasteiger partial charge in [0.25, 0.3) is 0 Å². The molecule has 0 spiro atoms. The van der Waals surface area contributed by atoms with E-state index in [1.807, 2.05) is 0 Å². The Balaban J connectivity index is 1.96. The lowest BCUT2D eigenvalue weighted by Gasteiger charge is -2.28. The minimum atomic E-state index is -1.22. The van der Waals surface area contributed by atoms with Crippen molar-refractivity contribution in [1.82, 2.24) is 25.5 Å². The van der Waals surface area contributed by atoms with Crippen LogP contribution in [-0.2, 0) is 25.6 Å². The summed E-state index contributed by atoms with van der Waals surface area (Å²) in [5.74, 6) is -2.75. The Labute approximate surface area is 197 Å². The molecule has 1 aliphatic rings. The molecule has 8 N–H and O–H groups in total. The van der Waals surface area contributed by atoms with Crippen molar-refractivity contribution in [1.29, 1.82) is 0 Å². The lowest BCUT2D eigenvalue weighted by atomic mass is 10.1. The van der Waals surface area contributed by atoms with Gasteiger partial charge in [-0.05, 0) is 32.2 Å². The molecule has 4 atom stereocenters. The monoisotopic (exact) mass is 483 g/mol. The van der Waals surface area contributed by atoms with E-state index >= 15 is 0 Å². The molecule has 1 aliphatic heterocycles. The molecule has 13 heteroatoms. The van der Waals surface area contributed by atoms with Gasteiger partial charge in [0.1, 0.15) is 18.1 Å². The fourth-order valence-corrected chi connectivity index (χ4v) is 3.96. The van der Waals surface area contributed by atoms with Crippen LogP contribution in [0.5, 0.6) is 0 Å². The molecule has 2 heterocycles. The van der Waals surface area contributed by atoms with Gasteiger partial charge in [0.05, 0.1) is 12.4 Å². The number of thiol groups is 1. The first-order valence-electron chi connectivity index (χ1n) is 11.0. The second-order valence-corrected chi connectivity index (χ2v) is 8.37. The number of H-pyrrole nitrogens is 1. The zero-order valence-corrected chi connectivity index (χ0v) is 19.3. The number of likely N-dealkylation sites (tertiary alicyclic amines) is 1. The minimum absolute atomic E-state index is 0.00125. The van der Waals surface area contributed by atoms with E-state index in [2.05, 4.69) is 33.2 Å². The number of unbranched alkanes of at least 4 members (excludes halogenated alkanes) is 1. The van der Waals surface area contributed by atoms with Gasteiger partial charge in [0, 0.05) is 30.6 Å². The maximum atomic E-state index is 12.9. The van der Waals surface area contributed by atoms with Crippen molar-refractivity contribution in [3.63, 3.8) is 0 Å². The second kappa shape index (κ2) is 13.2. The Kier molecular flexibility index (Phi) is 10.6. The van der Waals surface area contributed by atoms with Crippen LogP contribution in [0.4, 0.5) is 0 Å². The summed E-state index contributed by atoms with van der Waals surface area (Å²) in [4.78, 5) is 57.9. The highest BCUT2D eigenvalue weighted by Gasteiger charge is 2.37. The third-order valence-corrected chi connectivity index (χ3v) is 5.90. The number of nitrogens with two attached hydrogens (primary N) is 2. The number of nitrogens with zero attached hydrogens (tertiary/aromatic N) is 2. The normalized spacial score (nSPS) is 18.4. The van der Waals surface area contributed by atoms with Crippen LogP contribution in [0.15, 0.2) is 12.5 Å². The number of aliphatic carboxylic acids is 1. The highest BCUT2D eigenvalue weighted by molar-refractivity contribution is 7.80. The van der Waals surface area contributed by atoms with E-state index in [1.165, 1.54) is 17.4 Å². The summed E-state index contributed by atoms with van der Waals surface area (Å²) in [6.07, 6.45) is 5.93. The number of nitrogens with one attached hydrogen (secondary N) is 3. The van der Waals surface area contributed by atoms with Crippen LogP contribution in [0.2, 0.25) is 0 Å². The van der Waals surface area contributed by atoms with E-state index in [1.54, 1.807) is 0 Å². The van der Waals surface area contributed by atoms with Crippen LogP contribution >= 0.6 is 12.6 Å². The summed E-state index contributed by atoms with van der Waals surface area (Å²) in [5, 5.41) is 14.5. The minimum Gasteiger partial charge on any atom is -0.480 e. The molecule has 184 valence electrons. The fraction of sp³-hybridized carbons (Fsp3) is 0.650. The average molecular weight is 484 g/mol. The van der Waals surface area contributed by atoms with Gasteiger partial charge in [-0.2, -0.15) is 12.6 Å². The molecule has 0 radical (unpaired) electrons. The molecule has 1 fully saturated rings. The molecule has 4 unspecified atom stereocenters. The molecular weight excluding hydrogens is 450 g/mol. The summed E-state index contributed by atoms with van der Waals surface area (Å²) >= 11 is 4.13. The van der Waals surface area contributed by atoms with Gasteiger partial charge in [-0.3, -0.25) is 14.4 Å². The van der Waals surface area contributed by atoms with Crippen LogP contribution in [0.25, 0.3) is 0 Å². The molecule has 33 heavy (non-hydrogen) atoms. The van der Waals surface area contributed by atoms with E-state index < -0.39 is 42.0 Å². The van der Waals surface area contributed by atoms with E-state index in [0.29, 0.717) is 38.0 Å². The topological polar surface area (TPSA) is 197 Å². The number of carbonyl (C=O) groups is 4. The summed E-state index contributed by atoms with van der Waals surface area (Å²) in [6.45, 7) is 0.929. The quantitative estimate of drug-likeness (QED) is 0.128. The van der Waals surface area contributed by atoms with Gasteiger partial charge in [-0.25, -0.2) is 9.78 Å². The number of carboxylic acids is 1. The molecule has 1 aromatic heterocycles. The molecule has 0 bridgehead atoms. The Bertz CT molecular complexity index is 807. The Morgan fingerprint density at radius 2 is 2.03 bits per heavy atom. The van der Waals surface area contributed by atoms with Crippen LogP contribution in [0.1, 0.15) is 37.8 Å². The molecular formula is C20H33N7O5S. The van der Waals surface area contributed by atoms with Crippen molar-refractivity contribution in [2.75, 3.05) is 18.8 Å². The highest BCUT2D eigenvalue weighted by Crippen LogP contribution is 2.19. The largest absolute Gasteiger partial charge is 0.480 e. The Morgan fingerprint density at radius 1 is 1.27 bits per heavy atom. The predicted molar refractivity (Wildman–Crippen MR) is 123 cm³/mol. The van der Waals surface area contributed by atoms with Gasteiger partial charge in [0.2, 0.25) is 17.7 Å². The zero-order valence-electron chi connectivity index (χ0n) is 18.4. The Hall–Kier alpha value is -2.64. The van der Waals surface area contributed by atoms with Gasteiger partial charge in [-0.1, -0.05) is 6.42 Å². The summed E-state index contributed by atoms with van der Waals surface area (Å²) in [7, 11) is 0. The van der Waals surface area contributed by atoms with Crippen LogP contribution in [0, 0.1) is 0 Å². The van der Waals surface area contributed by atoms with Crippen molar-refractivity contribution in [2.45, 2.75) is 62.7 Å². The predicted octanol–water partition coefficient (Wildman–Crippen LogP) is -1.62. The average Bonchev–Trinajstić information content (AvgIpc) is 3.48. The van der Waals surface area contributed by atoms with E-state index in [9.17, 15) is 24.3 Å². The lowest BCUT2D eigenvalue weighted by molar-refractivity contribution is -0.143. The number of hydrogen-bond donors (Lipinski definition) is 7. The number of carboxylic acid groups (broad SMARTS) is 1.